The van der Waals surface area contributed by atoms with Crippen LogP contribution in [-0.2, 0) is 32.0 Å². The largest absolute Gasteiger partial charge is 0.508 e. The number of phenols is 1. The molecule has 0 bridgehead atoms. The van der Waals surface area contributed by atoms with Crippen LogP contribution in [0.15, 0.2) is 41.8 Å². The highest BCUT2D eigenvalue weighted by molar-refractivity contribution is 7.98. The third kappa shape index (κ3) is 12.1. The van der Waals surface area contributed by atoms with Gasteiger partial charge >= 0.3 is 5.97 Å². The minimum absolute atomic E-state index is 0.0112. The fraction of sp³-hybridized carbons (Fsp3) is 0.462. The van der Waals surface area contributed by atoms with Gasteiger partial charge in [0.2, 0.25) is 17.7 Å². The number of thioether (sulfide) groups is 1. The summed E-state index contributed by atoms with van der Waals surface area (Å²) >= 11 is 1.43. The molecule has 3 amide bonds. The molecular formula is C26H39N9O6S. The van der Waals surface area contributed by atoms with Crippen molar-refractivity contribution < 1.29 is 29.4 Å². The molecule has 1 aromatic carbocycles. The molecule has 0 saturated heterocycles. The Balaban J connectivity index is 2.23. The van der Waals surface area contributed by atoms with E-state index in [9.17, 15) is 29.4 Å². The molecule has 230 valence electrons. The van der Waals surface area contributed by atoms with E-state index in [1.54, 1.807) is 12.1 Å². The molecule has 0 saturated carbocycles. The number of phenolic OH excluding ortho intramolecular Hbond substituents is 1. The van der Waals surface area contributed by atoms with E-state index in [-0.39, 0.29) is 43.9 Å². The van der Waals surface area contributed by atoms with E-state index in [2.05, 4.69) is 30.9 Å². The highest BCUT2D eigenvalue weighted by atomic mass is 32.2. The number of rotatable bonds is 18. The first-order chi connectivity index (χ1) is 20.0. The van der Waals surface area contributed by atoms with Crippen LogP contribution in [0.2, 0.25) is 0 Å². The van der Waals surface area contributed by atoms with E-state index in [1.165, 1.54) is 36.4 Å². The second kappa shape index (κ2) is 17.5. The van der Waals surface area contributed by atoms with Crippen LogP contribution >= 0.6 is 11.8 Å². The Kier molecular flexibility index (Phi) is 14.1. The molecule has 42 heavy (non-hydrogen) atoms. The van der Waals surface area contributed by atoms with Crippen molar-refractivity contribution in [2.45, 2.75) is 56.3 Å². The van der Waals surface area contributed by atoms with Gasteiger partial charge < -0.3 is 48.3 Å². The molecular weight excluding hydrogens is 566 g/mol. The van der Waals surface area contributed by atoms with Crippen LogP contribution in [0.25, 0.3) is 0 Å². The molecule has 16 heteroatoms. The summed E-state index contributed by atoms with van der Waals surface area (Å²) in [5, 5.41) is 27.0. The van der Waals surface area contributed by atoms with E-state index in [1.807, 2.05) is 6.26 Å². The lowest BCUT2D eigenvalue weighted by Crippen LogP contribution is -2.58. The molecule has 0 fully saturated rings. The number of aliphatic carboxylic acids is 1. The first-order valence-electron chi connectivity index (χ1n) is 13.2. The predicted octanol–water partition coefficient (Wildman–Crippen LogP) is -1.43. The number of H-pyrrole nitrogens is 1. The van der Waals surface area contributed by atoms with E-state index < -0.39 is 47.9 Å². The number of carbonyl (C=O) groups is 4. The van der Waals surface area contributed by atoms with Gasteiger partial charge in [0.25, 0.3) is 0 Å². The number of guanidine groups is 1. The van der Waals surface area contributed by atoms with Crippen LogP contribution in [0.3, 0.4) is 0 Å². The van der Waals surface area contributed by atoms with Crippen molar-refractivity contribution >= 4 is 41.4 Å². The molecule has 0 aliphatic carbocycles. The lowest BCUT2D eigenvalue weighted by atomic mass is 10.0. The van der Waals surface area contributed by atoms with Crippen molar-refractivity contribution in [2.24, 2.45) is 22.2 Å². The molecule has 12 N–H and O–H groups in total. The first kappa shape index (κ1) is 33.9. The zero-order valence-electron chi connectivity index (χ0n) is 23.3. The number of carboxylic acid groups (broad SMARTS) is 1. The number of carboxylic acids is 1. The van der Waals surface area contributed by atoms with E-state index in [4.69, 9.17) is 17.2 Å². The minimum Gasteiger partial charge on any atom is -0.508 e. The Bertz CT molecular complexity index is 1190. The molecule has 0 aliphatic heterocycles. The highest BCUT2D eigenvalue weighted by Crippen LogP contribution is 2.13. The number of benzene rings is 1. The number of aliphatic imine (C=N–C) groups is 1. The second-order valence-electron chi connectivity index (χ2n) is 9.51. The van der Waals surface area contributed by atoms with Crippen LogP contribution in [0, 0.1) is 0 Å². The van der Waals surface area contributed by atoms with Gasteiger partial charge in [0.1, 0.15) is 23.9 Å². The summed E-state index contributed by atoms with van der Waals surface area (Å²) < 4.78 is 0. The molecule has 0 spiro atoms. The first-order valence-corrected chi connectivity index (χ1v) is 14.6. The van der Waals surface area contributed by atoms with Gasteiger partial charge in [-0.15, -0.1) is 0 Å². The summed E-state index contributed by atoms with van der Waals surface area (Å²) in [4.78, 5) is 62.1. The van der Waals surface area contributed by atoms with Gasteiger partial charge in [0.05, 0.1) is 12.4 Å². The number of amides is 3. The Morgan fingerprint density at radius 1 is 0.976 bits per heavy atom. The molecule has 1 aromatic heterocycles. The van der Waals surface area contributed by atoms with Gasteiger partial charge in [-0.1, -0.05) is 12.1 Å². The number of aromatic nitrogens is 2. The number of nitrogens with one attached hydrogen (secondary N) is 4. The number of aromatic hydroxyl groups is 1. The van der Waals surface area contributed by atoms with Crippen LogP contribution in [0.1, 0.15) is 30.5 Å². The molecule has 2 aromatic rings. The lowest BCUT2D eigenvalue weighted by Gasteiger charge is -2.25. The van der Waals surface area contributed by atoms with Crippen LogP contribution < -0.4 is 33.2 Å². The number of nitrogens with zero attached hydrogens (tertiary/aromatic N) is 2. The summed E-state index contributed by atoms with van der Waals surface area (Å²) in [6.07, 6.45) is 5.59. The van der Waals surface area contributed by atoms with E-state index >= 15 is 0 Å². The SMILES string of the molecule is CSCCC(NC(=O)C(Cc1ccc(O)cc1)NC(=O)C(Cc1cnc[nH]1)NC(=O)C(N)CCCN=C(N)N)C(=O)O. The summed E-state index contributed by atoms with van der Waals surface area (Å²) in [6.45, 7) is 0.281. The molecule has 15 nitrogen and oxygen atoms in total. The minimum atomic E-state index is -1.20. The Labute approximate surface area is 247 Å². The third-order valence-electron chi connectivity index (χ3n) is 6.15. The van der Waals surface area contributed by atoms with Crippen LogP contribution in [0.5, 0.6) is 5.75 Å². The Morgan fingerprint density at radius 3 is 2.17 bits per heavy atom. The smallest absolute Gasteiger partial charge is 0.326 e. The van der Waals surface area contributed by atoms with Crippen LogP contribution in [0.4, 0.5) is 0 Å². The van der Waals surface area contributed by atoms with Gasteiger partial charge in [0.15, 0.2) is 5.96 Å². The summed E-state index contributed by atoms with van der Waals surface area (Å²) in [5.74, 6) is -2.77. The Morgan fingerprint density at radius 2 is 1.60 bits per heavy atom. The van der Waals surface area contributed by atoms with E-state index in [0.29, 0.717) is 23.4 Å². The quantitative estimate of drug-likeness (QED) is 0.0540. The van der Waals surface area contributed by atoms with Crippen LogP contribution in [-0.4, -0.2) is 92.6 Å². The summed E-state index contributed by atoms with van der Waals surface area (Å²) in [5.41, 5.74) is 17.8. The maximum absolute atomic E-state index is 13.5. The number of hydrogen-bond acceptors (Lipinski definition) is 9. The number of nitrogens with two attached hydrogens (primary N) is 3. The van der Waals surface area contributed by atoms with Crippen molar-refractivity contribution in [1.29, 1.82) is 0 Å². The molecule has 0 aliphatic rings. The predicted molar refractivity (Wildman–Crippen MR) is 158 cm³/mol. The maximum atomic E-state index is 13.5. The summed E-state index contributed by atoms with van der Waals surface area (Å²) in [7, 11) is 0. The van der Waals surface area contributed by atoms with Gasteiger partial charge in [-0.05, 0) is 49.0 Å². The zero-order chi connectivity index (χ0) is 31.1. The summed E-state index contributed by atoms with van der Waals surface area (Å²) in [6, 6.07) is 1.55. The molecule has 4 atom stereocenters. The number of hydrogen-bond donors (Lipinski definition) is 9. The maximum Gasteiger partial charge on any atom is 0.326 e. The number of carbonyl (C=O) groups excluding carboxylic acids is 3. The van der Waals surface area contributed by atoms with Crippen molar-refractivity contribution in [1.82, 2.24) is 25.9 Å². The molecule has 2 rings (SSSR count). The van der Waals surface area contributed by atoms with Crippen molar-refractivity contribution in [2.75, 3.05) is 18.6 Å². The standard InChI is InChI=1S/C26H39N9O6S/c1-42-10-8-19(25(40)41)33-23(38)20(11-15-4-6-17(36)7-5-15)35-24(39)21(12-16-13-30-14-32-16)34-22(37)18(27)3-2-9-31-26(28)29/h4-7,13-14,18-21,36H,2-3,8-12,27H2,1H3,(H,30,32)(H,33,38)(H,34,37)(H,35,39)(H,40,41)(H4,28,29,31). The van der Waals surface area contributed by atoms with Gasteiger partial charge in [0, 0.05) is 31.3 Å². The second-order valence-corrected chi connectivity index (χ2v) is 10.5. The van der Waals surface area contributed by atoms with Gasteiger partial charge in [-0.2, -0.15) is 11.8 Å². The van der Waals surface area contributed by atoms with Crippen molar-refractivity contribution in [3.8, 4) is 5.75 Å². The highest BCUT2D eigenvalue weighted by Gasteiger charge is 2.31. The molecule has 4 unspecified atom stereocenters. The third-order valence-corrected chi connectivity index (χ3v) is 6.79. The van der Waals surface area contributed by atoms with Crippen molar-refractivity contribution in [3.05, 3.63) is 48.0 Å². The molecule has 0 radical (unpaired) electrons. The lowest BCUT2D eigenvalue weighted by molar-refractivity contribution is -0.142. The van der Waals surface area contributed by atoms with Crippen molar-refractivity contribution in [3.63, 3.8) is 0 Å². The van der Waals surface area contributed by atoms with Gasteiger partial charge in [-0.3, -0.25) is 19.4 Å². The normalized spacial score (nSPS) is 13.7. The number of aromatic amines is 1. The van der Waals surface area contributed by atoms with Gasteiger partial charge in [-0.25, -0.2) is 9.78 Å². The fourth-order valence-corrected chi connectivity index (χ4v) is 4.34. The fourth-order valence-electron chi connectivity index (χ4n) is 3.87. The topological polar surface area (TPSA) is 264 Å². The van der Waals surface area contributed by atoms with E-state index in [0.717, 1.165) is 0 Å². The number of imidazole rings is 1. The molecule has 1 heterocycles. The zero-order valence-corrected chi connectivity index (χ0v) is 24.1. The average Bonchev–Trinajstić information content (AvgIpc) is 3.46. The average molecular weight is 606 g/mol. The monoisotopic (exact) mass is 605 g/mol. The Hall–Kier alpha value is -4.31.